The molecule has 1 saturated heterocycles. The summed E-state index contributed by atoms with van der Waals surface area (Å²) >= 11 is 0. The average Bonchev–Trinajstić information content (AvgIpc) is 2.95. The first kappa shape index (κ1) is 20.6. The molecular formula is C23H34N4O. The van der Waals surface area contributed by atoms with Gasteiger partial charge in [-0.2, -0.15) is 4.98 Å². The quantitative estimate of drug-likeness (QED) is 0.700. The molecule has 0 amide bonds. The van der Waals surface area contributed by atoms with Gasteiger partial charge in [0.2, 0.25) is 5.88 Å². The van der Waals surface area contributed by atoms with Gasteiger partial charge in [0.25, 0.3) is 0 Å². The number of aromatic nitrogens is 2. The highest BCUT2D eigenvalue weighted by atomic mass is 16.5. The molecule has 1 aromatic heterocycles. The van der Waals surface area contributed by atoms with Crippen molar-refractivity contribution in [1.82, 2.24) is 14.9 Å². The molecule has 28 heavy (non-hydrogen) atoms. The first-order chi connectivity index (χ1) is 13.6. The number of likely N-dealkylation sites (tertiary alicyclic amines) is 1. The number of ether oxygens (including phenoxy) is 1. The van der Waals surface area contributed by atoms with Crippen LogP contribution in [0.2, 0.25) is 0 Å². The molecular weight excluding hydrogens is 348 g/mol. The van der Waals surface area contributed by atoms with Crippen LogP contribution in [0.3, 0.4) is 0 Å². The summed E-state index contributed by atoms with van der Waals surface area (Å²) in [5, 5.41) is 3.47. The summed E-state index contributed by atoms with van der Waals surface area (Å²) in [5.74, 6) is 2.18. The third kappa shape index (κ3) is 6.20. The van der Waals surface area contributed by atoms with Gasteiger partial charge in [0, 0.05) is 19.2 Å². The number of benzene rings is 1. The van der Waals surface area contributed by atoms with Gasteiger partial charge in [0.1, 0.15) is 11.6 Å². The molecule has 5 heteroatoms. The van der Waals surface area contributed by atoms with Crippen LogP contribution in [0.5, 0.6) is 5.88 Å². The standard InChI is InChI=1S/C23H34N4O/c1-4-18(2)28-23-15-22(25-19(3)26-23)24-16-20-11-7-8-12-21(20)17-27-13-9-5-6-10-14-27/h7-8,11-12,15,18H,4-6,9-10,13-14,16-17H2,1-3H3,(H,24,25,26). The van der Waals surface area contributed by atoms with Crippen LogP contribution in [0, 0.1) is 6.92 Å². The largest absolute Gasteiger partial charge is 0.475 e. The first-order valence-electron chi connectivity index (χ1n) is 10.7. The molecule has 1 N–H and O–H groups in total. The van der Waals surface area contributed by atoms with Crippen molar-refractivity contribution in [3.8, 4) is 5.88 Å². The zero-order chi connectivity index (χ0) is 19.8. The Bertz CT molecular complexity index is 741. The molecule has 0 spiro atoms. The van der Waals surface area contributed by atoms with Crippen LogP contribution >= 0.6 is 0 Å². The Morgan fingerprint density at radius 3 is 2.50 bits per heavy atom. The molecule has 152 valence electrons. The number of anilines is 1. The molecule has 1 aliphatic heterocycles. The summed E-state index contributed by atoms with van der Waals surface area (Å²) in [6, 6.07) is 10.6. The Hall–Kier alpha value is -2.14. The minimum atomic E-state index is 0.150. The number of aryl methyl sites for hydroxylation is 1. The lowest BCUT2D eigenvalue weighted by molar-refractivity contribution is 0.208. The maximum absolute atomic E-state index is 5.88. The van der Waals surface area contributed by atoms with Gasteiger partial charge in [-0.05, 0) is 57.3 Å². The van der Waals surface area contributed by atoms with Crippen LogP contribution < -0.4 is 10.1 Å². The predicted molar refractivity (Wildman–Crippen MR) is 115 cm³/mol. The van der Waals surface area contributed by atoms with Gasteiger partial charge in [-0.3, -0.25) is 4.90 Å². The summed E-state index contributed by atoms with van der Waals surface area (Å²) in [6.45, 7) is 10.3. The van der Waals surface area contributed by atoms with Crippen molar-refractivity contribution in [3.63, 3.8) is 0 Å². The number of rotatable bonds is 8. The Balaban J connectivity index is 1.66. The lowest BCUT2D eigenvalue weighted by Crippen LogP contribution is -2.24. The smallest absolute Gasteiger partial charge is 0.218 e. The van der Waals surface area contributed by atoms with E-state index in [1.165, 1.54) is 49.9 Å². The Morgan fingerprint density at radius 1 is 1.07 bits per heavy atom. The van der Waals surface area contributed by atoms with E-state index in [0.717, 1.165) is 31.2 Å². The number of hydrogen-bond acceptors (Lipinski definition) is 5. The lowest BCUT2D eigenvalue weighted by atomic mass is 10.1. The highest BCUT2D eigenvalue weighted by Crippen LogP contribution is 2.19. The second-order valence-electron chi connectivity index (χ2n) is 7.79. The SMILES string of the molecule is CCC(C)Oc1cc(NCc2ccccc2CN2CCCCCC2)nc(C)n1. The van der Waals surface area contributed by atoms with E-state index in [4.69, 9.17) is 4.74 Å². The zero-order valence-electron chi connectivity index (χ0n) is 17.6. The van der Waals surface area contributed by atoms with Crippen LogP contribution in [-0.2, 0) is 13.1 Å². The second kappa shape index (κ2) is 10.4. The summed E-state index contributed by atoms with van der Waals surface area (Å²) in [4.78, 5) is 11.5. The van der Waals surface area contributed by atoms with E-state index in [9.17, 15) is 0 Å². The highest BCUT2D eigenvalue weighted by Gasteiger charge is 2.12. The maximum Gasteiger partial charge on any atom is 0.218 e. The summed E-state index contributed by atoms with van der Waals surface area (Å²) in [5.41, 5.74) is 2.73. The van der Waals surface area contributed by atoms with Crippen molar-refractivity contribution in [3.05, 3.63) is 47.3 Å². The molecule has 5 nitrogen and oxygen atoms in total. The number of nitrogens with zero attached hydrogens (tertiary/aromatic N) is 3. The number of hydrogen-bond donors (Lipinski definition) is 1. The summed E-state index contributed by atoms with van der Waals surface area (Å²) in [6.07, 6.45) is 6.48. The van der Waals surface area contributed by atoms with E-state index < -0.39 is 0 Å². The van der Waals surface area contributed by atoms with Crippen LogP contribution in [-0.4, -0.2) is 34.1 Å². The van der Waals surface area contributed by atoms with Crippen molar-refractivity contribution in [2.75, 3.05) is 18.4 Å². The Kier molecular flexibility index (Phi) is 7.66. The molecule has 1 fully saturated rings. The zero-order valence-corrected chi connectivity index (χ0v) is 17.6. The van der Waals surface area contributed by atoms with Gasteiger partial charge < -0.3 is 10.1 Å². The van der Waals surface area contributed by atoms with Crippen molar-refractivity contribution < 1.29 is 4.74 Å². The topological polar surface area (TPSA) is 50.3 Å². The van der Waals surface area contributed by atoms with Crippen molar-refractivity contribution in [1.29, 1.82) is 0 Å². The molecule has 1 aromatic carbocycles. The minimum absolute atomic E-state index is 0.150. The monoisotopic (exact) mass is 382 g/mol. The molecule has 0 aliphatic carbocycles. The highest BCUT2D eigenvalue weighted by molar-refractivity contribution is 5.40. The van der Waals surface area contributed by atoms with Crippen molar-refractivity contribution in [2.24, 2.45) is 0 Å². The fourth-order valence-electron chi connectivity index (χ4n) is 3.59. The molecule has 0 radical (unpaired) electrons. The molecule has 1 aliphatic rings. The van der Waals surface area contributed by atoms with Crippen molar-refractivity contribution in [2.45, 2.75) is 72.1 Å². The minimum Gasteiger partial charge on any atom is -0.475 e. The van der Waals surface area contributed by atoms with Crippen LogP contribution in [0.1, 0.15) is 62.9 Å². The molecule has 3 rings (SSSR count). The van der Waals surface area contributed by atoms with Crippen LogP contribution in [0.15, 0.2) is 30.3 Å². The molecule has 0 saturated carbocycles. The Labute approximate surface area is 169 Å². The third-order valence-electron chi connectivity index (χ3n) is 5.38. The van der Waals surface area contributed by atoms with E-state index in [-0.39, 0.29) is 6.10 Å². The van der Waals surface area contributed by atoms with Gasteiger partial charge in [-0.1, -0.05) is 44.0 Å². The molecule has 0 bridgehead atoms. The van der Waals surface area contributed by atoms with E-state index in [2.05, 4.69) is 58.3 Å². The predicted octanol–water partition coefficient (Wildman–Crippen LogP) is 4.95. The first-order valence-corrected chi connectivity index (χ1v) is 10.7. The molecule has 2 aromatic rings. The third-order valence-corrected chi connectivity index (χ3v) is 5.38. The molecule has 2 heterocycles. The second-order valence-corrected chi connectivity index (χ2v) is 7.79. The van der Waals surface area contributed by atoms with E-state index in [1.807, 2.05) is 13.0 Å². The van der Waals surface area contributed by atoms with E-state index in [0.29, 0.717) is 5.88 Å². The van der Waals surface area contributed by atoms with Crippen LogP contribution in [0.4, 0.5) is 5.82 Å². The molecule has 1 atom stereocenters. The van der Waals surface area contributed by atoms with E-state index >= 15 is 0 Å². The average molecular weight is 383 g/mol. The fourth-order valence-corrected chi connectivity index (χ4v) is 3.59. The Morgan fingerprint density at radius 2 is 1.79 bits per heavy atom. The maximum atomic E-state index is 5.88. The van der Waals surface area contributed by atoms with Gasteiger partial charge in [0.05, 0.1) is 6.10 Å². The van der Waals surface area contributed by atoms with Crippen molar-refractivity contribution >= 4 is 5.82 Å². The summed E-state index contributed by atoms with van der Waals surface area (Å²) in [7, 11) is 0. The van der Waals surface area contributed by atoms with Gasteiger partial charge in [-0.15, -0.1) is 0 Å². The van der Waals surface area contributed by atoms with Crippen LogP contribution in [0.25, 0.3) is 0 Å². The molecule has 1 unspecified atom stereocenters. The fraction of sp³-hybridized carbons (Fsp3) is 0.565. The number of nitrogens with one attached hydrogen (secondary N) is 1. The lowest BCUT2D eigenvalue weighted by Gasteiger charge is -2.22. The normalized spacial score (nSPS) is 16.4. The van der Waals surface area contributed by atoms with E-state index in [1.54, 1.807) is 0 Å². The van der Waals surface area contributed by atoms with Gasteiger partial charge in [0.15, 0.2) is 0 Å². The summed E-state index contributed by atoms with van der Waals surface area (Å²) < 4.78 is 5.88. The van der Waals surface area contributed by atoms with Gasteiger partial charge >= 0.3 is 0 Å². The van der Waals surface area contributed by atoms with Gasteiger partial charge in [-0.25, -0.2) is 4.98 Å².